The van der Waals surface area contributed by atoms with Crippen molar-refractivity contribution in [1.82, 2.24) is 10.2 Å². The summed E-state index contributed by atoms with van der Waals surface area (Å²) >= 11 is 0. The third-order valence-electron chi connectivity index (χ3n) is 2.47. The minimum absolute atomic E-state index is 0.253. The Balaban J connectivity index is 1.95. The monoisotopic (exact) mass is 201 g/mol. The smallest absolute Gasteiger partial charge is 0.247 e. The van der Waals surface area contributed by atoms with Crippen LogP contribution in [0, 0.1) is 0 Å². The number of aliphatic hydroxyl groups excluding tert-OH is 1. The normalized spacial score (nSPS) is 19.8. The number of hydrogen-bond acceptors (Lipinski definition) is 4. The molecule has 1 aliphatic heterocycles. The van der Waals surface area contributed by atoms with Gasteiger partial charge in [0.05, 0.1) is 0 Å². The molecule has 0 bridgehead atoms. The summed E-state index contributed by atoms with van der Waals surface area (Å²) in [4.78, 5) is 12.8. The van der Waals surface area contributed by atoms with Crippen molar-refractivity contribution in [1.29, 1.82) is 0 Å². The number of hydrogen-bond donors (Lipinski definition) is 3. The SMILES string of the molecule is NC(=O)C(O)CNCCN1CCCC1. The van der Waals surface area contributed by atoms with Gasteiger partial charge < -0.3 is 21.1 Å². The molecule has 1 saturated heterocycles. The largest absolute Gasteiger partial charge is 0.382 e. The van der Waals surface area contributed by atoms with Gasteiger partial charge in [0.2, 0.25) is 5.91 Å². The standard InChI is InChI=1S/C9H19N3O2/c10-9(14)8(13)7-11-3-6-12-4-1-2-5-12/h8,11,13H,1-7H2,(H2,10,14). The number of carbonyl (C=O) groups excluding carboxylic acids is 1. The lowest BCUT2D eigenvalue weighted by Crippen LogP contribution is -2.40. The summed E-state index contributed by atoms with van der Waals surface area (Å²) in [7, 11) is 0. The van der Waals surface area contributed by atoms with Crippen LogP contribution in [0.3, 0.4) is 0 Å². The van der Waals surface area contributed by atoms with E-state index in [1.165, 1.54) is 25.9 Å². The highest BCUT2D eigenvalue weighted by Gasteiger charge is 2.12. The quantitative estimate of drug-likeness (QED) is 0.458. The third-order valence-corrected chi connectivity index (χ3v) is 2.47. The van der Waals surface area contributed by atoms with Crippen molar-refractivity contribution < 1.29 is 9.90 Å². The maximum Gasteiger partial charge on any atom is 0.247 e. The van der Waals surface area contributed by atoms with Crippen LogP contribution in [0.5, 0.6) is 0 Å². The number of nitrogens with one attached hydrogen (secondary N) is 1. The number of aliphatic hydroxyl groups is 1. The Labute approximate surface area is 84.3 Å². The molecule has 1 heterocycles. The van der Waals surface area contributed by atoms with Gasteiger partial charge in [-0.2, -0.15) is 0 Å². The summed E-state index contributed by atoms with van der Waals surface area (Å²) in [6.45, 7) is 4.36. The van der Waals surface area contributed by atoms with Gasteiger partial charge in [0.15, 0.2) is 0 Å². The van der Waals surface area contributed by atoms with Gasteiger partial charge in [-0.1, -0.05) is 0 Å². The molecule has 1 unspecified atom stereocenters. The molecule has 5 nitrogen and oxygen atoms in total. The van der Waals surface area contributed by atoms with Gasteiger partial charge in [-0.05, 0) is 25.9 Å². The van der Waals surface area contributed by atoms with Crippen molar-refractivity contribution in [2.75, 3.05) is 32.7 Å². The maximum atomic E-state index is 10.5. The van der Waals surface area contributed by atoms with E-state index in [4.69, 9.17) is 10.8 Å². The van der Waals surface area contributed by atoms with Crippen LogP contribution >= 0.6 is 0 Å². The highest BCUT2D eigenvalue weighted by Crippen LogP contribution is 2.05. The molecule has 0 spiro atoms. The predicted molar refractivity (Wildman–Crippen MR) is 53.7 cm³/mol. The average molecular weight is 201 g/mol. The van der Waals surface area contributed by atoms with E-state index in [-0.39, 0.29) is 6.54 Å². The predicted octanol–water partition coefficient (Wildman–Crippen LogP) is -1.48. The Morgan fingerprint density at radius 2 is 2.14 bits per heavy atom. The van der Waals surface area contributed by atoms with Crippen LogP contribution in [0.1, 0.15) is 12.8 Å². The molecule has 1 amide bonds. The van der Waals surface area contributed by atoms with Crippen LogP contribution in [0.25, 0.3) is 0 Å². The van der Waals surface area contributed by atoms with Gasteiger partial charge in [0.25, 0.3) is 0 Å². The first-order chi connectivity index (χ1) is 6.70. The molecule has 5 heteroatoms. The number of nitrogens with two attached hydrogens (primary N) is 1. The van der Waals surface area contributed by atoms with Crippen molar-refractivity contribution in [3.8, 4) is 0 Å². The first-order valence-electron chi connectivity index (χ1n) is 5.10. The van der Waals surface area contributed by atoms with Crippen molar-refractivity contribution in [2.24, 2.45) is 5.73 Å². The molecular formula is C9H19N3O2. The van der Waals surface area contributed by atoms with E-state index in [2.05, 4.69) is 10.2 Å². The Hall–Kier alpha value is -0.650. The van der Waals surface area contributed by atoms with Crippen molar-refractivity contribution >= 4 is 5.91 Å². The zero-order valence-electron chi connectivity index (χ0n) is 8.41. The molecule has 14 heavy (non-hydrogen) atoms. The molecule has 0 aromatic carbocycles. The van der Waals surface area contributed by atoms with Crippen LogP contribution in [-0.4, -0.2) is 54.7 Å². The number of nitrogens with zero attached hydrogens (tertiary/aromatic N) is 1. The number of amides is 1. The fraction of sp³-hybridized carbons (Fsp3) is 0.889. The first kappa shape index (κ1) is 11.4. The minimum atomic E-state index is -1.06. The number of rotatable bonds is 6. The summed E-state index contributed by atoms with van der Waals surface area (Å²) in [5, 5.41) is 12.1. The molecule has 1 fully saturated rings. The van der Waals surface area contributed by atoms with Gasteiger partial charge in [-0.3, -0.25) is 4.79 Å². The molecule has 0 aromatic rings. The Kier molecular flexibility index (Phi) is 4.86. The Morgan fingerprint density at radius 1 is 1.50 bits per heavy atom. The maximum absolute atomic E-state index is 10.5. The van der Waals surface area contributed by atoms with E-state index < -0.39 is 12.0 Å². The van der Waals surface area contributed by atoms with Gasteiger partial charge in [-0.25, -0.2) is 0 Å². The zero-order valence-corrected chi connectivity index (χ0v) is 8.41. The molecule has 1 aliphatic rings. The van der Waals surface area contributed by atoms with Crippen molar-refractivity contribution in [3.63, 3.8) is 0 Å². The molecule has 1 atom stereocenters. The summed E-state index contributed by atoms with van der Waals surface area (Å²) in [6.07, 6.45) is 1.50. The summed E-state index contributed by atoms with van der Waals surface area (Å²) in [6, 6.07) is 0. The van der Waals surface area contributed by atoms with E-state index in [1.807, 2.05) is 0 Å². The first-order valence-corrected chi connectivity index (χ1v) is 5.10. The van der Waals surface area contributed by atoms with Gasteiger partial charge in [-0.15, -0.1) is 0 Å². The molecule has 0 radical (unpaired) electrons. The van der Waals surface area contributed by atoms with Crippen LogP contribution in [0.2, 0.25) is 0 Å². The minimum Gasteiger partial charge on any atom is -0.382 e. The Morgan fingerprint density at radius 3 is 2.71 bits per heavy atom. The number of likely N-dealkylation sites (tertiary alicyclic amines) is 1. The van der Waals surface area contributed by atoms with Crippen molar-refractivity contribution in [3.05, 3.63) is 0 Å². The Bertz CT molecular complexity index is 181. The van der Waals surface area contributed by atoms with Crippen LogP contribution < -0.4 is 11.1 Å². The summed E-state index contributed by atoms with van der Waals surface area (Å²) < 4.78 is 0. The second kappa shape index (κ2) is 5.95. The highest BCUT2D eigenvalue weighted by atomic mass is 16.3. The molecule has 82 valence electrons. The van der Waals surface area contributed by atoms with Gasteiger partial charge in [0, 0.05) is 19.6 Å². The lowest BCUT2D eigenvalue weighted by Gasteiger charge is -2.15. The topological polar surface area (TPSA) is 78.6 Å². The molecular weight excluding hydrogens is 182 g/mol. The lowest BCUT2D eigenvalue weighted by molar-refractivity contribution is -0.125. The average Bonchev–Trinajstić information content (AvgIpc) is 2.64. The second-order valence-electron chi connectivity index (χ2n) is 3.67. The molecule has 1 rings (SSSR count). The van der Waals surface area contributed by atoms with Crippen LogP contribution in [-0.2, 0) is 4.79 Å². The molecule has 0 aliphatic carbocycles. The van der Waals surface area contributed by atoms with E-state index in [9.17, 15) is 4.79 Å². The number of carbonyl (C=O) groups is 1. The van der Waals surface area contributed by atoms with Crippen molar-refractivity contribution in [2.45, 2.75) is 18.9 Å². The van der Waals surface area contributed by atoms with Crippen LogP contribution in [0.4, 0.5) is 0 Å². The van der Waals surface area contributed by atoms with E-state index in [0.717, 1.165) is 13.1 Å². The van der Waals surface area contributed by atoms with E-state index in [1.54, 1.807) is 0 Å². The molecule has 4 N–H and O–H groups in total. The fourth-order valence-corrected chi connectivity index (χ4v) is 1.58. The van der Waals surface area contributed by atoms with E-state index >= 15 is 0 Å². The highest BCUT2D eigenvalue weighted by molar-refractivity contribution is 5.78. The molecule has 0 aromatic heterocycles. The summed E-state index contributed by atoms with van der Waals surface area (Å²) in [5.74, 6) is -0.668. The molecule has 0 saturated carbocycles. The van der Waals surface area contributed by atoms with Crippen LogP contribution in [0.15, 0.2) is 0 Å². The lowest BCUT2D eigenvalue weighted by atomic mass is 10.3. The number of primary amides is 1. The third kappa shape index (κ3) is 4.04. The van der Waals surface area contributed by atoms with Gasteiger partial charge >= 0.3 is 0 Å². The summed E-state index contributed by atoms with van der Waals surface area (Å²) in [5.41, 5.74) is 4.90. The fourth-order valence-electron chi connectivity index (χ4n) is 1.58. The second-order valence-corrected chi connectivity index (χ2v) is 3.67. The van der Waals surface area contributed by atoms with E-state index in [0.29, 0.717) is 0 Å². The van der Waals surface area contributed by atoms with Gasteiger partial charge in [0.1, 0.15) is 6.10 Å². The zero-order chi connectivity index (χ0) is 10.4.